The molecule has 3 N–H and O–H groups in total. The molecule has 1 aromatic heterocycles. The lowest BCUT2D eigenvalue weighted by Crippen LogP contribution is -2.43. The molecule has 29 heavy (non-hydrogen) atoms. The Morgan fingerprint density at radius 2 is 1.34 bits per heavy atom. The maximum Gasteiger partial charge on any atom is 0.237 e. The van der Waals surface area contributed by atoms with E-state index in [9.17, 15) is 4.79 Å². The number of benzene rings is 2. The summed E-state index contributed by atoms with van der Waals surface area (Å²) in [6, 6.07) is 21.6. The molecule has 4 heteroatoms. The summed E-state index contributed by atoms with van der Waals surface area (Å²) in [5.41, 5.74) is 7.70. The van der Waals surface area contributed by atoms with E-state index in [1.165, 1.54) is 0 Å². The van der Waals surface area contributed by atoms with E-state index in [-0.39, 0.29) is 12.5 Å². The van der Waals surface area contributed by atoms with Crippen molar-refractivity contribution in [3.63, 3.8) is 0 Å². The summed E-state index contributed by atoms with van der Waals surface area (Å²) in [6.07, 6.45) is 9.37. The quantitative estimate of drug-likeness (QED) is 0.481. The van der Waals surface area contributed by atoms with Gasteiger partial charge in [0.2, 0.25) is 5.91 Å². The summed E-state index contributed by atoms with van der Waals surface area (Å²) in [7, 11) is 0. The second-order valence-corrected chi connectivity index (χ2v) is 7.48. The molecule has 1 amide bonds. The fourth-order valence-corrected chi connectivity index (χ4v) is 4.04. The Hall–Kier alpha value is -2.85. The van der Waals surface area contributed by atoms with Crippen molar-refractivity contribution in [3.8, 4) is 0 Å². The van der Waals surface area contributed by atoms with Crippen LogP contribution in [0.15, 0.2) is 79.1 Å². The molecule has 2 aromatic carbocycles. The van der Waals surface area contributed by atoms with E-state index in [0.29, 0.717) is 0 Å². The number of aryl methyl sites for hydroxylation is 1. The summed E-state index contributed by atoms with van der Waals surface area (Å²) in [5, 5.41) is 8.87. The molecular weight excluding hydrogens is 360 g/mol. The van der Waals surface area contributed by atoms with Crippen molar-refractivity contribution in [3.05, 3.63) is 95.8 Å². The van der Waals surface area contributed by atoms with Crippen molar-refractivity contribution in [2.24, 2.45) is 5.73 Å². The van der Waals surface area contributed by atoms with Crippen molar-refractivity contribution in [2.75, 3.05) is 6.61 Å². The molecule has 0 saturated carbocycles. The number of carbonyl (C=O) groups excluding carboxylic acids is 1. The summed E-state index contributed by atoms with van der Waals surface area (Å²) >= 11 is 0. The van der Waals surface area contributed by atoms with Crippen LogP contribution in [0.4, 0.5) is 0 Å². The molecule has 4 nitrogen and oxygen atoms in total. The normalized spacial score (nSPS) is 11.5. The molecule has 0 aliphatic rings. The highest BCUT2D eigenvalue weighted by Gasteiger charge is 2.42. The lowest BCUT2D eigenvalue weighted by atomic mass is 9.69. The van der Waals surface area contributed by atoms with Crippen molar-refractivity contribution >= 4 is 5.91 Å². The third-order valence-electron chi connectivity index (χ3n) is 5.54. The van der Waals surface area contributed by atoms with E-state index in [1.807, 2.05) is 72.9 Å². The van der Waals surface area contributed by atoms with E-state index in [0.717, 1.165) is 55.3 Å². The molecule has 0 spiro atoms. The van der Waals surface area contributed by atoms with Crippen molar-refractivity contribution < 1.29 is 9.90 Å². The predicted octanol–water partition coefficient (Wildman–Crippen LogP) is 4.25. The minimum absolute atomic E-state index is 0.273. The molecule has 0 aliphatic carbocycles. The van der Waals surface area contributed by atoms with Crippen molar-refractivity contribution in [1.82, 2.24) is 4.57 Å². The van der Waals surface area contributed by atoms with Crippen LogP contribution >= 0.6 is 0 Å². The first-order valence-electron chi connectivity index (χ1n) is 10.4. The van der Waals surface area contributed by atoms with E-state index >= 15 is 0 Å². The van der Waals surface area contributed by atoms with Gasteiger partial charge >= 0.3 is 0 Å². The maximum atomic E-state index is 13.0. The van der Waals surface area contributed by atoms with E-state index in [1.54, 1.807) is 0 Å². The molecule has 3 aromatic rings. The average Bonchev–Trinajstić information content (AvgIpc) is 3.21. The van der Waals surface area contributed by atoms with Crippen molar-refractivity contribution in [1.29, 1.82) is 0 Å². The van der Waals surface area contributed by atoms with Crippen LogP contribution in [-0.4, -0.2) is 22.2 Å². The molecule has 1 heterocycles. The number of nitrogens with zero attached hydrogens (tertiary/aromatic N) is 1. The van der Waals surface area contributed by atoms with Gasteiger partial charge in [-0.05, 0) is 35.6 Å². The van der Waals surface area contributed by atoms with Gasteiger partial charge in [-0.25, -0.2) is 0 Å². The SMILES string of the molecule is NC(=O)C(c1ccccc1)(c1ccccc1)c1ccn(CCCCCCCO)c1. The molecule has 0 saturated heterocycles. The highest BCUT2D eigenvalue weighted by Crippen LogP contribution is 2.39. The molecule has 0 fully saturated rings. The molecular formula is C25H30N2O2. The number of amides is 1. The summed E-state index contributed by atoms with van der Waals surface area (Å²) in [6.45, 7) is 1.17. The van der Waals surface area contributed by atoms with Crippen molar-refractivity contribution in [2.45, 2.75) is 44.1 Å². The number of primary amides is 1. The van der Waals surface area contributed by atoms with Crippen LogP contribution in [0.25, 0.3) is 0 Å². The van der Waals surface area contributed by atoms with Gasteiger partial charge < -0.3 is 15.4 Å². The number of hydrogen-bond donors (Lipinski definition) is 2. The summed E-state index contributed by atoms with van der Waals surface area (Å²) in [5.74, 6) is -0.378. The molecule has 0 bridgehead atoms. The molecule has 0 unspecified atom stereocenters. The van der Waals surface area contributed by atoms with E-state index in [4.69, 9.17) is 10.8 Å². The van der Waals surface area contributed by atoms with Crippen LogP contribution in [0.2, 0.25) is 0 Å². The maximum absolute atomic E-state index is 13.0. The standard InChI is InChI=1S/C25H30N2O2/c26-24(29)25(21-12-6-4-7-13-21,22-14-8-5-9-15-22)23-16-18-27(20-23)17-10-2-1-3-11-19-28/h4-9,12-16,18,20,28H,1-3,10-11,17,19H2,(H2,26,29). The van der Waals surface area contributed by atoms with Crippen LogP contribution in [0.3, 0.4) is 0 Å². The minimum Gasteiger partial charge on any atom is -0.396 e. The average molecular weight is 391 g/mol. The Morgan fingerprint density at radius 3 is 1.90 bits per heavy atom. The lowest BCUT2D eigenvalue weighted by molar-refractivity contribution is -0.120. The molecule has 3 rings (SSSR count). The Labute approximate surface area is 173 Å². The molecule has 0 radical (unpaired) electrons. The third-order valence-corrected chi connectivity index (χ3v) is 5.54. The van der Waals surface area contributed by atoms with Gasteiger partial charge in [-0.15, -0.1) is 0 Å². The number of unbranched alkanes of at least 4 members (excludes halogenated alkanes) is 4. The Kier molecular flexibility index (Phi) is 7.25. The van der Waals surface area contributed by atoms with Gasteiger partial charge in [0.15, 0.2) is 0 Å². The first kappa shape index (κ1) is 20.9. The highest BCUT2D eigenvalue weighted by atomic mass is 16.2. The van der Waals surface area contributed by atoms with Crippen LogP contribution in [0.5, 0.6) is 0 Å². The van der Waals surface area contributed by atoms with Crippen LogP contribution < -0.4 is 5.73 Å². The van der Waals surface area contributed by atoms with Gasteiger partial charge in [-0.3, -0.25) is 4.79 Å². The van der Waals surface area contributed by atoms with Gasteiger partial charge in [-0.2, -0.15) is 0 Å². The van der Waals surface area contributed by atoms with E-state index in [2.05, 4.69) is 10.8 Å². The Bertz CT molecular complexity index is 848. The number of aliphatic hydroxyl groups is 1. The van der Waals surface area contributed by atoms with Gasteiger partial charge in [0.05, 0.1) is 0 Å². The first-order chi connectivity index (χ1) is 14.2. The first-order valence-corrected chi connectivity index (χ1v) is 10.4. The zero-order chi connectivity index (χ0) is 20.5. The number of rotatable bonds is 11. The topological polar surface area (TPSA) is 68.2 Å². The second-order valence-electron chi connectivity index (χ2n) is 7.48. The number of aliphatic hydroxyl groups excluding tert-OH is 1. The van der Waals surface area contributed by atoms with Crippen LogP contribution in [-0.2, 0) is 16.8 Å². The van der Waals surface area contributed by atoms with E-state index < -0.39 is 5.41 Å². The smallest absolute Gasteiger partial charge is 0.237 e. The Balaban J connectivity index is 1.90. The number of aromatic nitrogens is 1. The van der Waals surface area contributed by atoms with Gasteiger partial charge in [0.25, 0.3) is 0 Å². The predicted molar refractivity (Wildman–Crippen MR) is 117 cm³/mol. The number of nitrogens with two attached hydrogens (primary N) is 1. The molecule has 0 aliphatic heterocycles. The summed E-state index contributed by atoms with van der Waals surface area (Å²) < 4.78 is 2.14. The third kappa shape index (κ3) is 4.60. The lowest BCUT2D eigenvalue weighted by Gasteiger charge is -2.31. The monoisotopic (exact) mass is 390 g/mol. The summed E-state index contributed by atoms with van der Waals surface area (Å²) in [4.78, 5) is 13.0. The van der Waals surface area contributed by atoms with Crippen LogP contribution in [0.1, 0.15) is 48.8 Å². The Morgan fingerprint density at radius 1 is 0.793 bits per heavy atom. The zero-order valence-corrected chi connectivity index (χ0v) is 16.8. The highest BCUT2D eigenvalue weighted by molar-refractivity contribution is 5.94. The molecule has 0 atom stereocenters. The number of carbonyl (C=O) groups is 1. The largest absolute Gasteiger partial charge is 0.396 e. The van der Waals surface area contributed by atoms with Crippen LogP contribution in [0, 0.1) is 0 Å². The minimum atomic E-state index is -1.02. The fourth-order valence-electron chi connectivity index (χ4n) is 4.04. The molecule has 152 valence electrons. The second kappa shape index (κ2) is 10.1. The van der Waals surface area contributed by atoms with Gasteiger partial charge in [0.1, 0.15) is 5.41 Å². The number of hydrogen-bond acceptors (Lipinski definition) is 2. The van der Waals surface area contributed by atoms with Gasteiger partial charge in [0, 0.05) is 25.5 Å². The fraction of sp³-hybridized carbons (Fsp3) is 0.320. The van der Waals surface area contributed by atoms with Gasteiger partial charge in [-0.1, -0.05) is 79.9 Å². The zero-order valence-electron chi connectivity index (χ0n) is 16.8.